The van der Waals surface area contributed by atoms with Crippen LogP contribution in [0, 0.1) is 0 Å². The van der Waals surface area contributed by atoms with Crippen LogP contribution in [0.4, 0.5) is 5.69 Å². The van der Waals surface area contributed by atoms with Crippen LogP contribution in [0.5, 0.6) is 0 Å². The molecule has 0 spiro atoms. The van der Waals surface area contributed by atoms with Crippen molar-refractivity contribution in [3.63, 3.8) is 0 Å². The maximum Gasteiger partial charge on any atom is 0.354 e. The molecule has 3 aromatic rings. The molecule has 3 N–H and O–H groups in total. The van der Waals surface area contributed by atoms with Gasteiger partial charge in [0, 0.05) is 5.56 Å². The summed E-state index contributed by atoms with van der Waals surface area (Å²) in [7, 11) is 0. The van der Waals surface area contributed by atoms with Crippen LogP contribution >= 0.6 is 0 Å². The molecule has 8 heteroatoms. The van der Waals surface area contributed by atoms with Crippen molar-refractivity contribution in [3.8, 4) is 0 Å². The number of nitrogens with zero attached hydrogens (tertiary/aromatic N) is 3. The number of amides is 1. The molecular formula is C13H9N5O3. The lowest BCUT2D eigenvalue weighted by atomic mass is 10.2. The summed E-state index contributed by atoms with van der Waals surface area (Å²) in [5.41, 5.74) is 1.99. The third kappa shape index (κ3) is 2.54. The first-order valence-corrected chi connectivity index (χ1v) is 5.95. The van der Waals surface area contributed by atoms with Gasteiger partial charge in [0.1, 0.15) is 16.7 Å². The summed E-state index contributed by atoms with van der Waals surface area (Å²) >= 11 is 0. The SMILES string of the molecule is O=C(Nc1ccc(C(=O)O)nc1)c1ccc2n[nH]nc2c1. The fourth-order valence-electron chi connectivity index (χ4n) is 1.78. The minimum atomic E-state index is -1.12. The molecule has 0 bridgehead atoms. The number of aromatic carboxylic acids is 1. The summed E-state index contributed by atoms with van der Waals surface area (Å²) in [4.78, 5) is 26.5. The third-order valence-electron chi connectivity index (χ3n) is 2.82. The Bertz CT molecular complexity index is 825. The summed E-state index contributed by atoms with van der Waals surface area (Å²) in [6, 6.07) is 7.70. The summed E-state index contributed by atoms with van der Waals surface area (Å²) < 4.78 is 0. The minimum Gasteiger partial charge on any atom is -0.477 e. The van der Waals surface area contributed by atoms with E-state index in [1.807, 2.05) is 0 Å². The standard InChI is InChI=1S/C13H9N5O3/c19-12(7-1-3-9-11(5-7)17-18-16-9)15-8-2-4-10(13(20)21)14-6-8/h1-6H,(H,15,19)(H,20,21)(H,16,17,18). The van der Waals surface area contributed by atoms with E-state index >= 15 is 0 Å². The zero-order valence-corrected chi connectivity index (χ0v) is 10.6. The van der Waals surface area contributed by atoms with Gasteiger partial charge < -0.3 is 10.4 Å². The third-order valence-corrected chi connectivity index (χ3v) is 2.82. The number of carboxylic acid groups (broad SMARTS) is 1. The van der Waals surface area contributed by atoms with Gasteiger partial charge in [0.05, 0.1) is 11.9 Å². The van der Waals surface area contributed by atoms with Gasteiger partial charge in [-0.1, -0.05) is 0 Å². The molecule has 0 saturated heterocycles. The van der Waals surface area contributed by atoms with Gasteiger partial charge in [-0.2, -0.15) is 15.4 Å². The van der Waals surface area contributed by atoms with Gasteiger partial charge in [-0.05, 0) is 30.3 Å². The number of nitrogens with one attached hydrogen (secondary N) is 2. The van der Waals surface area contributed by atoms with Crippen LogP contribution < -0.4 is 5.32 Å². The Kier molecular flexibility index (Phi) is 3.03. The number of carbonyl (C=O) groups is 2. The summed E-state index contributed by atoms with van der Waals surface area (Å²) in [6.07, 6.45) is 1.29. The summed E-state index contributed by atoms with van der Waals surface area (Å²) in [5, 5.41) is 21.7. The quantitative estimate of drug-likeness (QED) is 0.666. The molecule has 21 heavy (non-hydrogen) atoms. The maximum atomic E-state index is 12.1. The van der Waals surface area contributed by atoms with Crippen LogP contribution in [0.3, 0.4) is 0 Å². The monoisotopic (exact) mass is 283 g/mol. The highest BCUT2D eigenvalue weighted by molar-refractivity contribution is 6.05. The largest absolute Gasteiger partial charge is 0.477 e. The normalized spacial score (nSPS) is 10.5. The van der Waals surface area contributed by atoms with E-state index in [4.69, 9.17) is 5.11 Å². The van der Waals surface area contributed by atoms with Gasteiger partial charge in [0.15, 0.2) is 0 Å². The average molecular weight is 283 g/mol. The number of hydrogen-bond acceptors (Lipinski definition) is 5. The Morgan fingerprint density at radius 3 is 2.62 bits per heavy atom. The predicted octanol–water partition coefficient (Wildman–Crippen LogP) is 1.30. The molecule has 0 unspecified atom stereocenters. The van der Waals surface area contributed by atoms with Gasteiger partial charge in [-0.3, -0.25) is 4.79 Å². The highest BCUT2D eigenvalue weighted by Crippen LogP contribution is 2.13. The highest BCUT2D eigenvalue weighted by atomic mass is 16.4. The van der Waals surface area contributed by atoms with Crippen molar-refractivity contribution >= 4 is 28.6 Å². The van der Waals surface area contributed by atoms with Crippen molar-refractivity contribution in [2.75, 3.05) is 5.32 Å². The summed E-state index contributed by atoms with van der Waals surface area (Å²) in [5.74, 6) is -1.46. The first kappa shape index (κ1) is 12.7. The predicted molar refractivity (Wildman–Crippen MR) is 73.0 cm³/mol. The molecule has 0 saturated carbocycles. The van der Waals surface area contributed by atoms with Gasteiger partial charge >= 0.3 is 5.97 Å². The molecule has 0 aliphatic carbocycles. The molecule has 0 aliphatic heterocycles. The first-order chi connectivity index (χ1) is 10.1. The number of carboxylic acids is 1. The average Bonchev–Trinajstić information content (AvgIpc) is 2.95. The van der Waals surface area contributed by atoms with E-state index in [-0.39, 0.29) is 11.6 Å². The van der Waals surface area contributed by atoms with Crippen LogP contribution in [-0.2, 0) is 0 Å². The molecule has 0 fully saturated rings. The molecule has 8 nitrogen and oxygen atoms in total. The lowest BCUT2D eigenvalue weighted by molar-refractivity contribution is 0.0690. The number of pyridine rings is 1. The molecule has 3 rings (SSSR count). The van der Waals surface area contributed by atoms with Crippen molar-refractivity contribution in [3.05, 3.63) is 47.8 Å². The Morgan fingerprint density at radius 2 is 1.90 bits per heavy atom. The van der Waals surface area contributed by atoms with E-state index < -0.39 is 5.97 Å². The van der Waals surface area contributed by atoms with Gasteiger partial charge in [-0.25, -0.2) is 9.78 Å². The lowest BCUT2D eigenvalue weighted by Crippen LogP contribution is -2.12. The van der Waals surface area contributed by atoms with E-state index in [1.54, 1.807) is 18.2 Å². The van der Waals surface area contributed by atoms with Crippen molar-refractivity contribution in [1.29, 1.82) is 0 Å². The van der Waals surface area contributed by atoms with Crippen molar-refractivity contribution in [2.24, 2.45) is 0 Å². The smallest absolute Gasteiger partial charge is 0.354 e. The molecule has 0 aliphatic rings. The number of benzene rings is 1. The Morgan fingerprint density at radius 1 is 1.10 bits per heavy atom. The zero-order chi connectivity index (χ0) is 14.8. The van der Waals surface area contributed by atoms with Crippen LogP contribution in [-0.4, -0.2) is 37.4 Å². The Hall–Kier alpha value is -3.29. The Labute approximate surface area is 117 Å². The summed E-state index contributed by atoms with van der Waals surface area (Å²) in [6.45, 7) is 0. The molecule has 0 radical (unpaired) electrons. The van der Waals surface area contributed by atoms with Crippen molar-refractivity contribution in [1.82, 2.24) is 20.4 Å². The number of H-pyrrole nitrogens is 1. The first-order valence-electron chi connectivity index (χ1n) is 5.95. The minimum absolute atomic E-state index is 0.0861. The van der Waals surface area contributed by atoms with Gasteiger partial charge in [-0.15, -0.1) is 0 Å². The second kappa shape index (κ2) is 5.00. The molecule has 2 heterocycles. The molecule has 1 amide bonds. The van der Waals surface area contributed by atoms with Gasteiger partial charge in [0.2, 0.25) is 0 Å². The molecular weight excluding hydrogens is 274 g/mol. The number of aromatic amines is 1. The highest BCUT2D eigenvalue weighted by Gasteiger charge is 2.10. The van der Waals surface area contributed by atoms with E-state index in [0.717, 1.165) is 0 Å². The number of aromatic nitrogens is 4. The van der Waals surface area contributed by atoms with Crippen LogP contribution in [0.1, 0.15) is 20.8 Å². The van der Waals surface area contributed by atoms with Crippen LogP contribution in [0.15, 0.2) is 36.5 Å². The van der Waals surface area contributed by atoms with E-state index in [0.29, 0.717) is 22.3 Å². The van der Waals surface area contributed by atoms with Gasteiger partial charge in [0.25, 0.3) is 5.91 Å². The van der Waals surface area contributed by atoms with E-state index in [1.165, 1.54) is 18.3 Å². The second-order valence-electron chi connectivity index (χ2n) is 4.22. The maximum absolute atomic E-state index is 12.1. The number of rotatable bonds is 3. The van der Waals surface area contributed by atoms with Crippen LogP contribution in [0.2, 0.25) is 0 Å². The number of carbonyl (C=O) groups excluding carboxylic acids is 1. The fraction of sp³-hybridized carbons (Fsp3) is 0. The van der Waals surface area contributed by atoms with Crippen molar-refractivity contribution in [2.45, 2.75) is 0 Å². The number of anilines is 1. The second-order valence-corrected chi connectivity index (χ2v) is 4.22. The molecule has 2 aromatic heterocycles. The lowest BCUT2D eigenvalue weighted by Gasteiger charge is -2.05. The molecule has 1 aromatic carbocycles. The molecule has 0 atom stereocenters. The topological polar surface area (TPSA) is 121 Å². The van der Waals surface area contributed by atoms with Crippen molar-refractivity contribution < 1.29 is 14.7 Å². The van der Waals surface area contributed by atoms with E-state index in [2.05, 4.69) is 25.7 Å². The molecule has 104 valence electrons. The van der Waals surface area contributed by atoms with Crippen LogP contribution in [0.25, 0.3) is 11.0 Å². The van der Waals surface area contributed by atoms with E-state index in [9.17, 15) is 9.59 Å². The number of hydrogen-bond donors (Lipinski definition) is 3. The Balaban J connectivity index is 1.80. The number of fused-ring (bicyclic) bond motifs is 1. The zero-order valence-electron chi connectivity index (χ0n) is 10.6. The fourth-order valence-corrected chi connectivity index (χ4v) is 1.78.